The summed E-state index contributed by atoms with van der Waals surface area (Å²) < 4.78 is 1.60. The Morgan fingerprint density at radius 3 is 2.72 bits per heavy atom. The Balaban J connectivity index is 1.61. The third-order valence-electron chi connectivity index (χ3n) is 5.36. The summed E-state index contributed by atoms with van der Waals surface area (Å²) in [5.74, 6) is -0.241. The van der Waals surface area contributed by atoms with Crippen LogP contribution in [0.5, 0.6) is 0 Å². The molecule has 2 atom stereocenters. The molecule has 0 fully saturated rings. The average molecular weight is 407 g/mol. The number of carboxylic acid groups (broad SMARTS) is 1. The number of carbonyl (C=O) groups is 2. The quantitative estimate of drug-likeness (QED) is 0.610. The van der Waals surface area contributed by atoms with Crippen molar-refractivity contribution in [2.45, 2.75) is 24.8 Å². The topological polar surface area (TPSA) is 123 Å². The van der Waals surface area contributed by atoms with Gasteiger partial charge in [0.25, 0.3) is 0 Å². The number of ketones is 1. The molecule has 29 heavy (non-hydrogen) atoms. The molecule has 146 valence electrons. The third-order valence-corrected chi connectivity index (χ3v) is 6.39. The third kappa shape index (κ3) is 2.90. The van der Waals surface area contributed by atoms with Gasteiger partial charge in [-0.25, -0.2) is 9.48 Å². The molecule has 8 nitrogen and oxygen atoms in total. The number of aromatic carboxylic acids is 1. The van der Waals surface area contributed by atoms with Crippen molar-refractivity contribution in [1.82, 2.24) is 14.8 Å². The maximum Gasteiger partial charge on any atom is 0.335 e. The van der Waals surface area contributed by atoms with Crippen LogP contribution in [0, 0.1) is 0 Å². The molecular weight excluding hydrogens is 390 g/mol. The molecule has 4 N–H and O–H groups in total. The van der Waals surface area contributed by atoms with Gasteiger partial charge in [-0.15, -0.1) is 16.4 Å². The zero-order chi connectivity index (χ0) is 20.1. The number of carbonyl (C=O) groups excluding carboxylic acids is 1. The van der Waals surface area contributed by atoms with Crippen molar-refractivity contribution >= 4 is 35.0 Å². The number of carboxylic acids is 1. The summed E-state index contributed by atoms with van der Waals surface area (Å²) in [5, 5.41) is 18.7. The van der Waals surface area contributed by atoms with Crippen molar-refractivity contribution in [2.75, 3.05) is 11.1 Å². The number of thiophene rings is 1. The van der Waals surface area contributed by atoms with Gasteiger partial charge in [0.1, 0.15) is 6.04 Å². The smallest absolute Gasteiger partial charge is 0.335 e. The Hall–Kier alpha value is -3.46. The number of fused-ring (bicyclic) bond motifs is 1. The van der Waals surface area contributed by atoms with Crippen LogP contribution in [0.1, 0.15) is 45.6 Å². The molecule has 3 aromatic rings. The number of aromatic nitrogens is 3. The van der Waals surface area contributed by atoms with Gasteiger partial charge in [0.2, 0.25) is 11.9 Å². The molecule has 0 saturated carbocycles. The highest BCUT2D eigenvalue weighted by Gasteiger charge is 2.39. The van der Waals surface area contributed by atoms with Crippen LogP contribution in [-0.4, -0.2) is 31.6 Å². The van der Waals surface area contributed by atoms with E-state index in [1.807, 2.05) is 11.4 Å². The molecule has 9 heteroatoms. The van der Waals surface area contributed by atoms with Crippen molar-refractivity contribution in [3.63, 3.8) is 0 Å². The number of anilines is 2. The molecule has 0 spiro atoms. The van der Waals surface area contributed by atoms with Crippen molar-refractivity contribution < 1.29 is 14.7 Å². The second kappa shape index (κ2) is 6.56. The molecule has 1 aromatic carbocycles. The largest absolute Gasteiger partial charge is 0.478 e. The first-order valence-electron chi connectivity index (χ1n) is 9.13. The Bertz CT molecular complexity index is 1150. The highest BCUT2D eigenvalue weighted by Crippen LogP contribution is 2.44. The van der Waals surface area contributed by atoms with E-state index in [1.165, 1.54) is 17.0 Å². The van der Waals surface area contributed by atoms with E-state index in [1.54, 1.807) is 28.2 Å². The summed E-state index contributed by atoms with van der Waals surface area (Å²) in [4.78, 5) is 29.9. The fourth-order valence-corrected chi connectivity index (χ4v) is 4.90. The first kappa shape index (κ1) is 17.6. The summed E-state index contributed by atoms with van der Waals surface area (Å²) in [6.45, 7) is 0. The van der Waals surface area contributed by atoms with Gasteiger partial charge in [-0.1, -0.05) is 18.2 Å². The zero-order valence-electron chi connectivity index (χ0n) is 15.2. The highest BCUT2D eigenvalue weighted by molar-refractivity contribution is 7.10. The normalized spacial score (nSPS) is 20.8. The van der Waals surface area contributed by atoms with Crippen molar-refractivity contribution in [1.29, 1.82) is 0 Å². The first-order valence-corrected chi connectivity index (χ1v) is 10.0. The molecule has 0 radical (unpaired) electrons. The van der Waals surface area contributed by atoms with Crippen LogP contribution in [0.3, 0.4) is 0 Å². The molecule has 0 unspecified atom stereocenters. The predicted molar refractivity (Wildman–Crippen MR) is 108 cm³/mol. The standard InChI is InChI=1S/C20H17N5O3S/c21-19-23-20-22-13-8-12(15-2-1-7-29-15)9-14(26)16(13)17(25(20)24-19)10-3-5-11(6-4-10)18(27)28/h1-7,12,17H,8-9H2,(H,27,28)(H3,21,22,23,24)/t12-,17+/m0/s1. The van der Waals surface area contributed by atoms with E-state index < -0.39 is 12.0 Å². The van der Waals surface area contributed by atoms with Crippen LogP contribution >= 0.6 is 11.3 Å². The van der Waals surface area contributed by atoms with E-state index in [9.17, 15) is 14.7 Å². The van der Waals surface area contributed by atoms with Gasteiger partial charge >= 0.3 is 5.97 Å². The van der Waals surface area contributed by atoms with E-state index in [-0.39, 0.29) is 23.2 Å². The second-order valence-corrected chi connectivity index (χ2v) is 8.11. The number of allylic oxidation sites excluding steroid dienone is 2. The zero-order valence-corrected chi connectivity index (χ0v) is 16.0. The fraction of sp³-hybridized carbons (Fsp3) is 0.200. The number of nitrogens with zero attached hydrogens (tertiary/aromatic N) is 3. The lowest BCUT2D eigenvalue weighted by atomic mass is 9.80. The number of benzene rings is 1. The predicted octanol–water partition coefficient (Wildman–Crippen LogP) is 3.04. The molecular formula is C20H17N5O3S. The summed E-state index contributed by atoms with van der Waals surface area (Å²) in [7, 11) is 0. The molecule has 0 bridgehead atoms. The Kier molecular flexibility index (Phi) is 3.99. The van der Waals surface area contributed by atoms with Crippen molar-refractivity contribution in [3.8, 4) is 0 Å². The van der Waals surface area contributed by atoms with E-state index in [0.29, 0.717) is 24.4 Å². The van der Waals surface area contributed by atoms with E-state index in [4.69, 9.17) is 5.73 Å². The van der Waals surface area contributed by atoms with Gasteiger partial charge < -0.3 is 16.2 Å². The maximum atomic E-state index is 13.2. The molecule has 0 saturated heterocycles. The number of nitrogen functional groups attached to an aromatic ring is 1. The lowest BCUT2D eigenvalue weighted by Gasteiger charge is -2.34. The number of nitrogens with one attached hydrogen (secondary N) is 1. The molecule has 2 aliphatic rings. The Morgan fingerprint density at radius 2 is 2.03 bits per heavy atom. The number of nitrogens with two attached hydrogens (primary N) is 1. The SMILES string of the molecule is Nc1nc2n(n1)[C@H](c1ccc(C(=O)O)cc1)C1=C(C[C@H](c3cccs3)CC1=O)N2. The van der Waals surface area contributed by atoms with E-state index >= 15 is 0 Å². The van der Waals surface area contributed by atoms with Crippen LogP contribution in [0.4, 0.5) is 11.9 Å². The Labute approximate surface area is 169 Å². The summed E-state index contributed by atoms with van der Waals surface area (Å²) in [5.41, 5.74) is 8.24. The molecule has 5 rings (SSSR count). The lowest BCUT2D eigenvalue weighted by Crippen LogP contribution is -2.33. The monoisotopic (exact) mass is 407 g/mol. The summed E-state index contributed by atoms with van der Waals surface area (Å²) in [6, 6.07) is 10.0. The van der Waals surface area contributed by atoms with Crippen LogP contribution < -0.4 is 11.1 Å². The van der Waals surface area contributed by atoms with Crippen molar-refractivity contribution in [2.24, 2.45) is 0 Å². The highest BCUT2D eigenvalue weighted by atomic mass is 32.1. The summed E-state index contributed by atoms with van der Waals surface area (Å²) >= 11 is 1.65. The minimum atomic E-state index is -1.00. The van der Waals surface area contributed by atoms with Gasteiger partial charge in [0, 0.05) is 28.5 Å². The number of hydrogen-bond donors (Lipinski definition) is 3. The molecule has 1 aliphatic heterocycles. The van der Waals surface area contributed by atoms with Gasteiger partial charge in [0.15, 0.2) is 5.78 Å². The van der Waals surface area contributed by atoms with E-state index in [0.717, 1.165) is 11.3 Å². The maximum absolute atomic E-state index is 13.2. The van der Waals surface area contributed by atoms with Crippen LogP contribution in [-0.2, 0) is 4.79 Å². The van der Waals surface area contributed by atoms with Crippen LogP contribution in [0.25, 0.3) is 0 Å². The van der Waals surface area contributed by atoms with Gasteiger partial charge in [-0.05, 0) is 35.6 Å². The number of hydrogen-bond acceptors (Lipinski definition) is 7. The van der Waals surface area contributed by atoms with Gasteiger partial charge in [0.05, 0.1) is 5.56 Å². The fourth-order valence-electron chi connectivity index (χ4n) is 4.07. The van der Waals surface area contributed by atoms with Crippen LogP contribution in [0.2, 0.25) is 0 Å². The van der Waals surface area contributed by atoms with Gasteiger partial charge in [-0.2, -0.15) is 4.98 Å². The average Bonchev–Trinajstić information content (AvgIpc) is 3.35. The molecule has 1 aliphatic carbocycles. The second-order valence-electron chi connectivity index (χ2n) is 7.13. The molecule has 3 heterocycles. The minimum absolute atomic E-state index is 0.0455. The number of Topliss-reactive ketones (excluding diaryl/α,β-unsaturated/α-hetero) is 1. The van der Waals surface area contributed by atoms with Crippen LogP contribution in [0.15, 0.2) is 53.0 Å². The number of rotatable bonds is 3. The molecule has 0 amide bonds. The van der Waals surface area contributed by atoms with Crippen molar-refractivity contribution in [3.05, 3.63) is 69.1 Å². The Morgan fingerprint density at radius 1 is 1.24 bits per heavy atom. The summed E-state index contributed by atoms with van der Waals surface area (Å²) in [6.07, 6.45) is 1.11. The van der Waals surface area contributed by atoms with Gasteiger partial charge in [-0.3, -0.25) is 4.79 Å². The first-order chi connectivity index (χ1) is 14.0. The minimum Gasteiger partial charge on any atom is -0.478 e. The lowest BCUT2D eigenvalue weighted by molar-refractivity contribution is -0.116. The van der Waals surface area contributed by atoms with E-state index in [2.05, 4.69) is 21.5 Å². The molecule has 2 aromatic heterocycles.